The second-order valence-corrected chi connectivity index (χ2v) is 7.87. The smallest absolute Gasteiger partial charge is 0.191 e. The zero-order chi connectivity index (χ0) is 17.2. The van der Waals surface area contributed by atoms with Crippen molar-refractivity contribution in [1.29, 1.82) is 0 Å². The van der Waals surface area contributed by atoms with Crippen LogP contribution in [-0.2, 0) is 6.42 Å². The largest absolute Gasteiger partial charge is 0.391 e. The normalized spacial score (nSPS) is 21.5. The van der Waals surface area contributed by atoms with Crippen LogP contribution in [0.3, 0.4) is 0 Å². The molecule has 0 amide bonds. The Morgan fingerprint density at radius 3 is 2.72 bits per heavy atom. The van der Waals surface area contributed by atoms with Gasteiger partial charge in [-0.05, 0) is 37.5 Å². The number of guanidine groups is 1. The van der Waals surface area contributed by atoms with E-state index < -0.39 is 6.10 Å². The van der Waals surface area contributed by atoms with Gasteiger partial charge in [-0.1, -0.05) is 37.3 Å². The fraction of sp³-hybridized carbons (Fsp3) is 0.632. The zero-order valence-corrected chi connectivity index (χ0v) is 18.4. The number of nitrogens with one attached hydrogen (secondary N) is 2. The molecule has 3 N–H and O–H groups in total. The molecule has 3 unspecified atom stereocenters. The van der Waals surface area contributed by atoms with E-state index in [0.29, 0.717) is 19.0 Å². The van der Waals surface area contributed by atoms with Gasteiger partial charge in [-0.3, -0.25) is 4.99 Å². The molecule has 1 aliphatic carbocycles. The molecule has 0 aromatic heterocycles. The van der Waals surface area contributed by atoms with Gasteiger partial charge in [0.2, 0.25) is 0 Å². The van der Waals surface area contributed by atoms with Gasteiger partial charge in [0.15, 0.2) is 5.96 Å². The van der Waals surface area contributed by atoms with E-state index in [1.807, 2.05) is 30.3 Å². The molecule has 0 spiro atoms. The summed E-state index contributed by atoms with van der Waals surface area (Å²) in [7, 11) is 0. The van der Waals surface area contributed by atoms with Gasteiger partial charge < -0.3 is 15.7 Å². The van der Waals surface area contributed by atoms with Gasteiger partial charge in [-0.2, -0.15) is 11.8 Å². The lowest BCUT2D eigenvalue weighted by atomic mass is 10.1. The van der Waals surface area contributed by atoms with Crippen molar-refractivity contribution in [1.82, 2.24) is 10.6 Å². The Labute approximate surface area is 173 Å². The molecule has 0 bridgehead atoms. The predicted octanol–water partition coefficient (Wildman–Crippen LogP) is 3.44. The van der Waals surface area contributed by atoms with E-state index in [4.69, 9.17) is 0 Å². The van der Waals surface area contributed by atoms with Crippen LogP contribution in [0.5, 0.6) is 0 Å². The number of aliphatic hydroxyl groups excluding tert-OH is 1. The van der Waals surface area contributed by atoms with Gasteiger partial charge in [0, 0.05) is 24.3 Å². The van der Waals surface area contributed by atoms with Gasteiger partial charge in [0.25, 0.3) is 0 Å². The van der Waals surface area contributed by atoms with Gasteiger partial charge in [0.05, 0.1) is 12.6 Å². The fourth-order valence-electron chi connectivity index (χ4n) is 3.12. The highest BCUT2D eigenvalue weighted by atomic mass is 127. The molecule has 0 saturated heterocycles. The summed E-state index contributed by atoms with van der Waals surface area (Å²) < 4.78 is 0. The number of halogens is 1. The third kappa shape index (κ3) is 8.64. The molecule has 0 aliphatic heterocycles. The summed E-state index contributed by atoms with van der Waals surface area (Å²) in [5.74, 6) is 2.02. The SMILES string of the molecule is CCNC(=NCC(O)Cc1ccccc1)NC1CCC(SCC)C1.I. The number of rotatable bonds is 8. The minimum atomic E-state index is -0.449. The average Bonchev–Trinajstić information content (AvgIpc) is 3.01. The molecule has 6 heteroatoms. The Balaban J connectivity index is 0.00000312. The summed E-state index contributed by atoms with van der Waals surface area (Å²) >= 11 is 2.06. The number of thioether (sulfide) groups is 1. The maximum Gasteiger partial charge on any atom is 0.191 e. The monoisotopic (exact) mass is 477 g/mol. The van der Waals surface area contributed by atoms with Crippen LogP contribution < -0.4 is 10.6 Å². The number of hydrogen-bond donors (Lipinski definition) is 3. The van der Waals surface area contributed by atoms with Gasteiger partial charge >= 0.3 is 0 Å². The van der Waals surface area contributed by atoms with Crippen LogP contribution >= 0.6 is 35.7 Å². The maximum atomic E-state index is 10.2. The molecule has 2 rings (SSSR count). The third-order valence-corrected chi connectivity index (χ3v) is 5.48. The molecule has 0 heterocycles. The second kappa shape index (κ2) is 12.8. The first-order valence-corrected chi connectivity index (χ1v) is 10.1. The Morgan fingerprint density at radius 1 is 1.28 bits per heavy atom. The summed E-state index contributed by atoms with van der Waals surface area (Å²) in [6, 6.07) is 10.6. The Hall–Kier alpha value is -0.470. The molecule has 4 nitrogen and oxygen atoms in total. The van der Waals surface area contributed by atoms with E-state index in [1.54, 1.807) is 0 Å². The molecular formula is C19H32IN3OS. The maximum absolute atomic E-state index is 10.2. The van der Waals surface area contributed by atoms with E-state index in [1.165, 1.54) is 25.0 Å². The van der Waals surface area contributed by atoms with E-state index in [0.717, 1.165) is 23.3 Å². The van der Waals surface area contributed by atoms with Crippen molar-refractivity contribution >= 4 is 41.7 Å². The van der Waals surface area contributed by atoms with E-state index in [2.05, 4.69) is 41.2 Å². The lowest BCUT2D eigenvalue weighted by Gasteiger charge is -2.18. The summed E-state index contributed by atoms with van der Waals surface area (Å²) in [5, 5.41) is 17.8. The summed E-state index contributed by atoms with van der Waals surface area (Å²) in [4.78, 5) is 4.58. The van der Waals surface area contributed by atoms with Crippen molar-refractivity contribution < 1.29 is 5.11 Å². The third-order valence-electron chi connectivity index (χ3n) is 4.25. The lowest BCUT2D eigenvalue weighted by Crippen LogP contribution is -2.43. The topological polar surface area (TPSA) is 56.7 Å². The van der Waals surface area contributed by atoms with Crippen LogP contribution in [-0.4, -0.2) is 47.3 Å². The molecule has 3 atom stereocenters. The highest BCUT2D eigenvalue weighted by molar-refractivity contribution is 14.0. The molecule has 1 aromatic rings. The number of aliphatic imine (C=N–C) groups is 1. The van der Waals surface area contributed by atoms with Crippen LogP contribution in [0.2, 0.25) is 0 Å². The number of aliphatic hydroxyl groups is 1. The summed E-state index contributed by atoms with van der Waals surface area (Å²) in [6.07, 6.45) is 3.88. The van der Waals surface area contributed by atoms with E-state index in [9.17, 15) is 5.11 Å². The van der Waals surface area contributed by atoms with Gasteiger partial charge in [-0.15, -0.1) is 24.0 Å². The van der Waals surface area contributed by atoms with E-state index in [-0.39, 0.29) is 24.0 Å². The van der Waals surface area contributed by atoms with E-state index >= 15 is 0 Å². The van der Waals surface area contributed by atoms with Crippen LogP contribution in [0.1, 0.15) is 38.7 Å². The highest BCUT2D eigenvalue weighted by Gasteiger charge is 2.25. The molecular weight excluding hydrogens is 445 g/mol. The fourth-order valence-corrected chi connectivity index (χ4v) is 4.26. The first-order valence-electron chi connectivity index (χ1n) is 9.09. The van der Waals surface area contributed by atoms with Crippen LogP contribution in [0.15, 0.2) is 35.3 Å². The molecule has 1 saturated carbocycles. The minimum absolute atomic E-state index is 0. The molecule has 1 fully saturated rings. The first-order chi connectivity index (χ1) is 11.7. The number of benzene rings is 1. The zero-order valence-electron chi connectivity index (χ0n) is 15.3. The van der Waals surface area contributed by atoms with Crippen molar-refractivity contribution in [2.24, 2.45) is 4.99 Å². The molecule has 25 heavy (non-hydrogen) atoms. The predicted molar refractivity (Wildman–Crippen MR) is 120 cm³/mol. The number of hydrogen-bond acceptors (Lipinski definition) is 3. The number of nitrogens with zero attached hydrogens (tertiary/aromatic N) is 1. The summed E-state index contributed by atoms with van der Waals surface area (Å²) in [5.41, 5.74) is 1.15. The average molecular weight is 477 g/mol. The molecule has 1 aromatic carbocycles. The van der Waals surface area contributed by atoms with Crippen LogP contribution in [0.25, 0.3) is 0 Å². The van der Waals surface area contributed by atoms with Crippen LogP contribution in [0, 0.1) is 0 Å². The Bertz CT molecular complexity index is 501. The Kier molecular flexibility index (Phi) is 11.6. The molecule has 142 valence electrons. The Morgan fingerprint density at radius 2 is 2.04 bits per heavy atom. The van der Waals surface area contributed by atoms with Crippen molar-refractivity contribution in [3.8, 4) is 0 Å². The first kappa shape index (κ1) is 22.6. The minimum Gasteiger partial charge on any atom is -0.391 e. The molecule has 1 aliphatic rings. The van der Waals surface area contributed by atoms with Crippen LogP contribution in [0.4, 0.5) is 0 Å². The van der Waals surface area contributed by atoms with Crippen molar-refractivity contribution in [2.75, 3.05) is 18.8 Å². The molecule has 0 radical (unpaired) electrons. The van der Waals surface area contributed by atoms with Gasteiger partial charge in [-0.25, -0.2) is 0 Å². The summed E-state index contributed by atoms with van der Waals surface area (Å²) in [6.45, 7) is 5.55. The standard InChI is InChI=1S/C19H31N3OS.HI/c1-3-20-19(22-16-10-11-18(13-16)24-4-2)21-14-17(23)12-15-8-6-5-7-9-15;/h5-9,16-18,23H,3-4,10-14H2,1-2H3,(H2,20,21,22);1H. The second-order valence-electron chi connectivity index (χ2n) is 6.29. The van der Waals surface area contributed by atoms with Crippen molar-refractivity contribution in [3.05, 3.63) is 35.9 Å². The van der Waals surface area contributed by atoms with Crippen molar-refractivity contribution in [2.45, 2.75) is 56.9 Å². The van der Waals surface area contributed by atoms with Gasteiger partial charge in [0.1, 0.15) is 0 Å². The highest BCUT2D eigenvalue weighted by Crippen LogP contribution is 2.29. The quantitative estimate of drug-likeness (QED) is 0.305. The van der Waals surface area contributed by atoms with Crippen molar-refractivity contribution in [3.63, 3.8) is 0 Å². The lowest BCUT2D eigenvalue weighted by molar-refractivity contribution is 0.183.